The van der Waals surface area contributed by atoms with Crippen LogP contribution in [0.3, 0.4) is 0 Å². The molecule has 1 aromatic carbocycles. The van der Waals surface area contributed by atoms with Crippen molar-refractivity contribution in [2.45, 2.75) is 0 Å². The normalized spacial score (nSPS) is 10.4. The second kappa shape index (κ2) is 7.77. The van der Waals surface area contributed by atoms with E-state index in [4.69, 9.17) is 28.3 Å². The largest absolute Gasteiger partial charge is 0.480 e. The summed E-state index contributed by atoms with van der Waals surface area (Å²) in [5.74, 6) is -2.05. The molecule has 3 aromatic rings. The third-order valence-electron chi connectivity index (χ3n) is 3.35. The van der Waals surface area contributed by atoms with E-state index in [0.29, 0.717) is 21.3 Å². The Morgan fingerprint density at radius 1 is 1.19 bits per heavy atom. The van der Waals surface area contributed by atoms with Gasteiger partial charge in [0.25, 0.3) is 5.91 Å². The molecular formula is C15H11Cl3N4O4. The van der Waals surface area contributed by atoms with E-state index in [9.17, 15) is 14.4 Å². The van der Waals surface area contributed by atoms with Crippen LogP contribution >= 0.6 is 35.6 Å². The summed E-state index contributed by atoms with van der Waals surface area (Å²) in [5, 5.41) is 14.4. The quantitative estimate of drug-likeness (QED) is 0.602. The number of aromatic nitrogens is 3. The summed E-state index contributed by atoms with van der Waals surface area (Å²) in [5.41, 5.74) is 0.130. The Hall–Kier alpha value is -2.55. The number of aromatic amines is 1. The standard InChI is InChI=1S/C15H10Cl2N4O4.ClH/c16-8-1-7(2-9(17)3-8)10-4-11(22)13(14-19-6-20-21(10)14)15(25)18-5-12(23)24;/h1-4,6H,5H2,(H,18,25)(H,19,20)(H,23,24);1H. The average Bonchev–Trinajstić information content (AvgIpc) is 2.99. The lowest BCUT2D eigenvalue weighted by atomic mass is 10.1. The molecule has 0 aliphatic rings. The minimum atomic E-state index is -1.23. The first-order valence-corrected chi connectivity index (χ1v) is 7.68. The number of carboxylic acids is 1. The smallest absolute Gasteiger partial charge is 0.322 e. The van der Waals surface area contributed by atoms with Crippen molar-refractivity contribution in [3.05, 3.63) is 56.4 Å². The molecule has 11 heteroatoms. The molecular weight excluding hydrogens is 407 g/mol. The Morgan fingerprint density at radius 3 is 2.46 bits per heavy atom. The number of H-pyrrole nitrogens is 1. The number of benzene rings is 1. The highest BCUT2D eigenvalue weighted by atomic mass is 35.5. The topological polar surface area (TPSA) is 117 Å². The zero-order valence-corrected chi connectivity index (χ0v) is 15.2. The lowest BCUT2D eigenvalue weighted by molar-refractivity contribution is -0.135. The van der Waals surface area contributed by atoms with Gasteiger partial charge in [-0.2, -0.15) is 0 Å². The van der Waals surface area contributed by atoms with Crippen LogP contribution in [0.1, 0.15) is 10.4 Å². The van der Waals surface area contributed by atoms with E-state index >= 15 is 0 Å². The van der Waals surface area contributed by atoms with Crippen molar-refractivity contribution in [2.75, 3.05) is 6.54 Å². The molecule has 0 fully saturated rings. The molecule has 3 N–H and O–H groups in total. The van der Waals surface area contributed by atoms with Crippen LogP contribution in [0.5, 0.6) is 0 Å². The summed E-state index contributed by atoms with van der Waals surface area (Å²) in [6, 6.07) is 6.00. The maximum absolute atomic E-state index is 12.4. The molecule has 0 unspecified atom stereocenters. The van der Waals surface area contributed by atoms with Crippen molar-refractivity contribution in [2.24, 2.45) is 0 Å². The summed E-state index contributed by atoms with van der Waals surface area (Å²) < 4.78 is 1.42. The van der Waals surface area contributed by atoms with E-state index in [-0.39, 0.29) is 23.6 Å². The third-order valence-corrected chi connectivity index (χ3v) is 3.79. The maximum atomic E-state index is 12.4. The molecule has 136 valence electrons. The number of amides is 1. The van der Waals surface area contributed by atoms with Gasteiger partial charge >= 0.3 is 5.97 Å². The average molecular weight is 418 g/mol. The number of carbonyl (C=O) groups is 2. The second-order valence-corrected chi connectivity index (χ2v) is 5.92. The van der Waals surface area contributed by atoms with Gasteiger partial charge in [-0.1, -0.05) is 23.2 Å². The van der Waals surface area contributed by atoms with Crippen molar-refractivity contribution in [1.29, 1.82) is 0 Å². The van der Waals surface area contributed by atoms with Gasteiger partial charge in [0.15, 0.2) is 11.1 Å². The lowest BCUT2D eigenvalue weighted by Gasteiger charge is -2.09. The van der Waals surface area contributed by atoms with E-state index in [1.54, 1.807) is 18.2 Å². The van der Waals surface area contributed by atoms with Crippen molar-refractivity contribution in [3.63, 3.8) is 0 Å². The van der Waals surface area contributed by atoms with Gasteiger partial charge in [-0.15, -0.1) is 12.4 Å². The number of hydrogen-bond donors (Lipinski definition) is 3. The number of hydrogen-bond acceptors (Lipinski definition) is 4. The van der Waals surface area contributed by atoms with Crippen LogP contribution in [0.15, 0.2) is 35.4 Å². The first-order valence-electron chi connectivity index (χ1n) is 6.92. The van der Waals surface area contributed by atoms with Crippen molar-refractivity contribution >= 4 is 53.1 Å². The van der Waals surface area contributed by atoms with Crippen LogP contribution < -0.4 is 10.7 Å². The van der Waals surface area contributed by atoms with Crippen LogP contribution in [0.4, 0.5) is 0 Å². The summed E-state index contributed by atoms with van der Waals surface area (Å²) in [6.07, 6.45) is 1.30. The summed E-state index contributed by atoms with van der Waals surface area (Å²) >= 11 is 12.0. The van der Waals surface area contributed by atoms with Gasteiger partial charge in [-0.05, 0) is 18.2 Å². The van der Waals surface area contributed by atoms with E-state index < -0.39 is 23.9 Å². The van der Waals surface area contributed by atoms with Gasteiger partial charge in [0.2, 0.25) is 0 Å². The Morgan fingerprint density at radius 2 is 1.85 bits per heavy atom. The van der Waals surface area contributed by atoms with Crippen LogP contribution in [0, 0.1) is 0 Å². The van der Waals surface area contributed by atoms with E-state index in [2.05, 4.69) is 15.4 Å². The molecule has 0 saturated carbocycles. The molecule has 2 heterocycles. The zero-order chi connectivity index (χ0) is 18.1. The Kier molecular flexibility index (Phi) is 5.91. The first-order chi connectivity index (χ1) is 11.9. The zero-order valence-electron chi connectivity index (χ0n) is 12.8. The molecule has 1 amide bonds. The molecule has 0 bridgehead atoms. The van der Waals surface area contributed by atoms with Crippen LogP contribution in [-0.4, -0.2) is 38.1 Å². The van der Waals surface area contributed by atoms with Crippen LogP contribution in [0.2, 0.25) is 10.0 Å². The maximum Gasteiger partial charge on any atom is 0.322 e. The predicted molar refractivity (Wildman–Crippen MR) is 98.5 cm³/mol. The number of fused-ring (bicyclic) bond motifs is 1. The van der Waals surface area contributed by atoms with Gasteiger partial charge in [0.05, 0.1) is 5.69 Å². The molecule has 0 atom stereocenters. The molecule has 26 heavy (non-hydrogen) atoms. The molecule has 0 aliphatic carbocycles. The number of nitrogens with one attached hydrogen (secondary N) is 2. The molecule has 0 radical (unpaired) electrons. The van der Waals surface area contributed by atoms with Gasteiger partial charge < -0.3 is 10.4 Å². The predicted octanol–water partition coefficient (Wildman–Crippen LogP) is 2.23. The highest BCUT2D eigenvalue weighted by Crippen LogP contribution is 2.27. The first kappa shape index (κ1) is 19.8. The third kappa shape index (κ3) is 3.82. The summed E-state index contributed by atoms with van der Waals surface area (Å²) in [7, 11) is 0. The molecule has 8 nitrogen and oxygen atoms in total. The fraction of sp³-hybridized carbons (Fsp3) is 0.0667. The van der Waals surface area contributed by atoms with Crippen molar-refractivity contribution in [1.82, 2.24) is 19.9 Å². The van der Waals surface area contributed by atoms with E-state index in [0.717, 1.165) is 0 Å². The summed E-state index contributed by atoms with van der Waals surface area (Å²) in [6.45, 7) is -0.611. The van der Waals surface area contributed by atoms with Crippen LogP contribution in [0.25, 0.3) is 16.9 Å². The fourth-order valence-electron chi connectivity index (χ4n) is 2.37. The molecule has 2 aromatic heterocycles. The minimum absolute atomic E-state index is 0. The van der Waals surface area contributed by atoms with Gasteiger partial charge in [-0.3, -0.25) is 19.5 Å². The van der Waals surface area contributed by atoms with E-state index in [1.165, 1.54) is 16.9 Å². The van der Waals surface area contributed by atoms with Crippen LogP contribution in [-0.2, 0) is 4.79 Å². The number of carboxylic acid groups (broad SMARTS) is 1. The fourth-order valence-corrected chi connectivity index (χ4v) is 2.90. The molecule has 0 spiro atoms. The Balaban J connectivity index is 0.00000243. The number of pyridine rings is 1. The SMILES string of the molecule is Cl.O=C(O)CNC(=O)c1c(=O)cc(-c2cc(Cl)cc(Cl)c2)n2[nH]cnc12. The monoisotopic (exact) mass is 416 g/mol. The minimum Gasteiger partial charge on any atom is -0.480 e. The number of rotatable bonds is 4. The van der Waals surface area contributed by atoms with Gasteiger partial charge in [0, 0.05) is 21.7 Å². The van der Waals surface area contributed by atoms with Crippen molar-refractivity contribution < 1.29 is 14.7 Å². The number of carbonyl (C=O) groups excluding carboxylic acids is 1. The Bertz CT molecular complexity index is 1040. The molecule has 0 aliphatic heterocycles. The number of nitrogens with zero attached hydrogens (tertiary/aromatic N) is 2. The second-order valence-electron chi connectivity index (χ2n) is 5.05. The molecule has 0 saturated heterocycles. The van der Waals surface area contributed by atoms with Gasteiger partial charge in [0.1, 0.15) is 18.4 Å². The Labute approximate surface area is 162 Å². The number of aliphatic carboxylic acids is 1. The molecule has 3 rings (SSSR count). The highest BCUT2D eigenvalue weighted by Gasteiger charge is 2.20. The highest BCUT2D eigenvalue weighted by molar-refractivity contribution is 6.35. The number of halogens is 3. The van der Waals surface area contributed by atoms with E-state index in [1.807, 2.05) is 0 Å². The van der Waals surface area contributed by atoms with Crippen molar-refractivity contribution in [3.8, 4) is 11.3 Å². The van der Waals surface area contributed by atoms with Gasteiger partial charge in [-0.25, -0.2) is 9.50 Å². The lowest BCUT2D eigenvalue weighted by Crippen LogP contribution is -2.33. The summed E-state index contributed by atoms with van der Waals surface area (Å²) in [4.78, 5) is 39.2.